The second-order valence-electron chi connectivity index (χ2n) is 6.35. The molecule has 0 bridgehead atoms. The molecule has 2 N–H and O–H groups in total. The minimum Gasteiger partial charge on any atom is -0.492 e. The molecular weight excluding hydrogens is 297 g/mol. The summed E-state index contributed by atoms with van der Waals surface area (Å²) in [6.07, 6.45) is -1.27. The van der Waals surface area contributed by atoms with E-state index in [1.807, 2.05) is 32.0 Å². The molecule has 1 aliphatic rings. The predicted octanol–water partition coefficient (Wildman–Crippen LogP) is 4.05. The van der Waals surface area contributed by atoms with E-state index in [2.05, 4.69) is 0 Å². The largest absolute Gasteiger partial charge is 0.492 e. The molecule has 23 heavy (non-hydrogen) atoms. The highest BCUT2D eigenvalue weighted by molar-refractivity contribution is 5.68. The summed E-state index contributed by atoms with van der Waals surface area (Å²) in [4.78, 5) is 11.2. The number of fused-ring (bicyclic) bond motifs is 1. The Morgan fingerprint density at radius 3 is 2.52 bits per heavy atom. The van der Waals surface area contributed by atoms with Crippen LogP contribution in [-0.4, -0.2) is 12.7 Å². The number of rotatable bonds is 2. The maximum absolute atomic E-state index is 13.0. The molecule has 3 rings (SSSR count). The van der Waals surface area contributed by atoms with Gasteiger partial charge in [-0.05, 0) is 29.3 Å². The van der Waals surface area contributed by atoms with Crippen LogP contribution in [-0.2, 0) is 4.74 Å². The second kappa shape index (κ2) is 5.57. The fraction of sp³-hybridized carbons (Fsp3) is 0.278. The van der Waals surface area contributed by atoms with E-state index in [-0.39, 0.29) is 11.2 Å². The second-order valence-corrected chi connectivity index (χ2v) is 6.35. The summed E-state index contributed by atoms with van der Waals surface area (Å²) < 4.78 is 24.2. The van der Waals surface area contributed by atoms with Crippen LogP contribution < -0.4 is 10.5 Å². The van der Waals surface area contributed by atoms with Crippen LogP contribution in [0.5, 0.6) is 5.75 Å². The minimum absolute atomic E-state index is 0.278. The summed E-state index contributed by atoms with van der Waals surface area (Å²) >= 11 is 0. The molecule has 1 unspecified atom stereocenters. The Balaban J connectivity index is 2.00. The lowest BCUT2D eigenvalue weighted by Gasteiger charge is -2.38. The van der Waals surface area contributed by atoms with Crippen LogP contribution in [0.3, 0.4) is 0 Å². The number of amides is 1. The molecule has 120 valence electrons. The van der Waals surface area contributed by atoms with Gasteiger partial charge in [0.2, 0.25) is 0 Å². The first-order valence-corrected chi connectivity index (χ1v) is 7.35. The van der Waals surface area contributed by atoms with Crippen molar-refractivity contribution in [2.75, 3.05) is 6.61 Å². The number of carbonyl (C=O) groups excluding carboxylic acids is 1. The van der Waals surface area contributed by atoms with Crippen LogP contribution >= 0.6 is 0 Å². The molecule has 0 saturated carbocycles. The van der Waals surface area contributed by atoms with Crippen molar-refractivity contribution in [3.05, 3.63) is 53.8 Å². The van der Waals surface area contributed by atoms with E-state index in [0.29, 0.717) is 12.4 Å². The smallest absolute Gasteiger partial charge is 0.405 e. The number of hydrogen-bond acceptors (Lipinski definition) is 3. The molecule has 1 atom stereocenters. The zero-order valence-corrected chi connectivity index (χ0v) is 13.0. The van der Waals surface area contributed by atoms with Crippen LogP contribution in [0.4, 0.5) is 9.18 Å². The molecular formula is C18H18FNO3. The lowest BCUT2D eigenvalue weighted by Crippen LogP contribution is -2.37. The number of nitrogens with two attached hydrogens (primary N) is 1. The Hall–Kier alpha value is -2.56. The Morgan fingerprint density at radius 2 is 1.87 bits per heavy atom. The Bertz CT molecular complexity index is 740. The van der Waals surface area contributed by atoms with Gasteiger partial charge in [-0.25, -0.2) is 9.18 Å². The molecule has 0 radical (unpaired) electrons. The van der Waals surface area contributed by atoms with Gasteiger partial charge in [0.15, 0.2) is 0 Å². The average Bonchev–Trinajstić information content (AvgIpc) is 2.50. The highest BCUT2D eigenvalue weighted by atomic mass is 19.1. The summed E-state index contributed by atoms with van der Waals surface area (Å²) in [5.74, 6) is 0.372. The van der Waals surface area contributed by atoms with Crippen LogP contribution in [0.15, 0.2) is 42.5 Å². The summed E-state index contributed by atoms with van der Waals surface area (Å²) in [7, 11) is 0. The van der Waals surface area contributed by atoms with Gasteiger partial charge in [0.1, 0.15) is 17.7 Å². The van der Waals surface area contributed by atoms with E-state index in [4.69, 9.17) is 15.2 Å². The molecule has 0 aliphatic carbocycles. The van der Waals surface area contributed by atoms with E-state index in [1.54, 1.807) is 12.1 Å². The summed E-state index contributed by atoms with van der Waals surface area (Å²) in [5.41, 5.74) is 7.40. The summed E-state index contributed by atoms with van der Waals surface area (Å²) in [6.45, 7) is 4.32. The van der Waals surface area contributed by atoms with Gasteiger partial charge < -0.3 is 15.2 Å². The number of carbonyl (C=O) groups is 1. The fourth-order valence-electron chi connectivity index (χ4n) is 2.80. The first-order valence-electron chi connectivity index (χ1n) is 7.35. The lowest BCUT2D eigenvalue weighted by molar-refractivity contribution is -0.0176. The zero-order valence-electron chi connectivity index (χ0n) is 13.0. The monoisotopic (exact) mass is 315 g/mol. The third kappa shape index (κ3) is 2.99. The molecule has 2 aromatic carbocycles. The van der Waals surface area contributed by atoms with Gasteiger partial charge in [-0.15, -0.1) is 0 Å². The Labute approximate surface area is 134 Å². The zero-order chi connectivity index (χ0) is 16.6. The fourth-order valence-corrected chi connectivity index (χ4v) is 2.80. The molecule has 5 heteroatoms. The Kier molecular flexibility index (Phi) is 3.72. The molecule has 4 nitrogen and oxygen atoms in total. The highest BCUT2D eigenvalue weighted by Crippen LogP contribution is 2.46. The number of hydrogen-bond donors (Lipinski definition) is 1. The first kappa shape index (κ1) is 15.3. The van der Waals surface area contributed by atoms with E-state index in [0.717, 1.165) is 16.7 Å². The molecule has 0 aromatic heterocycles. The van der Waals surface area contributed by atoms with Crippen LogP contribution in [0, 0.1) is 11.2 Å². The van der Waals surface area contributed by atoms with Crippen LogP contribution in [0.2, 0.25) is 0 Å². The Morgan fingerprint density at radius 1 is 1.22 bits per heavy atom. The SMILES string of the molecule is CC1(C)COc2cc(-c3ccc(F)cc3)ccc2C1OC(N)=O. The third-order valence-electron chi connectivity index (χ3n) is 4.02. The molecule has 2 aromatic rings. The summed E-state index contributed by atoms with van der Waals surface area (Å²) in [6, 6.07) is 11.9. The van der Waals surface area contributed by atoms with Crippen molar-refractivity contribution in [3.63, 3.8) is 0 Å². The number of halogens is 1. The number of primary amides is 1. The first-order chi connectivity index (χ1) is 10.9. The van der Waals surface area contributed by atoms with Gasteiger partial charge in [-0.2, -0.15) is 0 Å². The third-order valence-corrected chi connectivity index (χ3v) is 4.02. The number of benzene rings is 2. The van der Waals surface area contributed by atoms with Crippen molar-refractivity contribution in [1.29, 1.82) is 0 Å². The topological polar surface area (TPSA) is 61.6 Å². The maximum Gasteiger partial charge on any atom is 0.405 e. The van der Waals surface area contributed by atoms with Crippen LogP contribution in [0.25, 0.3) is 11.1 Å². The molecule has 0 spiro atoms. The minimum atomic E-state index is -0.807. The normalized spacial score (nSPS) is 18.7. The van der Waals surface area contributed by atoms with Crippen LogP contribution in [0.1, 0.15) is 25.5 Å². The van der Waals surface area contributed by atoms with Gasteiger partial charge >= 0.3 is 6.09 Å². The van der Waals surface area contributed by atoms with E-state index in [1.165, 1.54) is 12.1 Å². The van der Waals surface area contributed by atoms with Crippen molar-refractivity contribution in [3.8, 4) is 16.9 Å². The van der Waals surface area contributed by atoms with E-state index < -0.39 is 12.2 Å². The lowest BCUT2D eigenvalue weighted by atomic mass is 9.80. The van der Waals surface area contributed by atoms with Crippen molar-refractivity contribution < 1.29 is 18.7 Å². The van der Waals surface area contributed by atoms with Gasteiger partial charge in [-0.3, -0.25) is 0 Å². The maximum atomic E-state index is 13.0. The number of ether oxygens (including phenoxy) is 2. The van der Waals surface area contributed by atoms with Crippen molar-refractivity contribution >= 4 is 6.09 Å². The van der Waals surface area contributed by atoms with Crippen molar-refractivity contribution in [2.24, 2.45) is 11.1 Å². The molecule has 0 saturated heterocycles. The quantitative estimate of drug-likeness (QED) is 0.909. The summed E-state index contributed by atoms with van der Waals surface area (Å²) in [5, 5.41) is 0. The predicted molar refractivity (Wildman–Crippen MR) is 84.5 cm³/mol. The highest BCUT2D eigenvalue weighted by Gasteiger charge is 2.40. The van der Waals surface area contributed by atoms with Gasteiger partial charge in [0.05, 0.1) is 6.61 Å². The molecule has 1 amide bonds. The van der Waals surface area contributed by atoms with Gasteiger partial charge in [0, 0.05) is 11.0 Å². The molecule has 1 heterocycles. The van der Waals surface area contributed by atoms with Gasteiger partial charge in [0.25, 0.3) is 0 Å². The standard InChI is InChI=1S/C18H18FNO3/c1-18(2)10-22-15-9-12(11-3-6-13(19)7-4-11)5-8-14(15)16(18)23-17(20)21/h3-9,16H,10H2,1-2H3,(H2,20,21). The molecule has 0 fully saturated rings. The van der Waals surface area contributed by atoms with Crippen molar-refractivity contribution in [1.82, 2.24) is 0 Å². The van der Waals surface area contributed by atoms with E-state index in [9.17, 15) is 9.18 Å². The van der Waals surface area contributed by atoms with E-state index >= 15 is 0 Å². The van der Waals surface area contributed by atoms with Gasteiger partial charge in [-0.1, -0.05) is 38.1 Å². The van der Waals surface area contributed by atoms with Crippen molar-refractivity contribution in [2.45, 2.75) is 20.0 Å². The average molecular weight is 315 g/mol. The molecule has 1 aliphatic heterocycles.